The van der Waals surface area contributed by atoms with E-state index in [-0.39, 0.29) is 6.04 Å². The van der Waals surface area contributed by atoms with Crippen molar-refractivity contribution in [3.05, 3.63) is 0 Å². The number of quaternary nitrogens is 1. The summed E-state index contributed by atoms with van der Waals surface area (Å²) < 4.78 is 0. The number of hydrogen-bond acceptors (Lipinski definition) is 2. The standard InChI is InChI=1S/C3H7NOS/c4-3(1-5)2-6/h1,3,6H,2,4H2/p+1. The van der Waals surface area contributed by atoms with Crippen molar-refractivity contribution in [2.75, 3.05) is 5.75 Å². The molecule has 0 heterocycles. The summed E-state index contributed by atoms with van der Waals surface area (Å²) in [7, 11) is 0. The summed E-state index contributed by atoms with van der Waals surface area (Å²) in [5.74, 6) is 0.545. The van der Waals surface area contributed by atoms with Gasteiger partial charge in [0.05, 0.1) is 0 Å². The molecule has 0 saturated heterocycles. The van der Waals surface area contributed by atoms with Gasteiger partial charge in [0, 0.05) is 5.75 Å². The van der Waals surface area contributed by atoms with E-state index in [1.807, 2.05) is 0 Å². The van der Waals surface area contributed by atoms with Crippen molar-refractivity contribution in [1.29, 1.82) is 0 Å². The Morgan fingerprint density at radius 2 is 2.50 bits per heavy atom. The highest BCUT2D eigenvalue weighted by Crippen LogP contribution is 1.70. The highest BCUT2D eigenvalue weighted by atomic mass is 32.1. The number of hydrogen-bond donors (Lipinski definition) is 2. The summed E-state index contributed by atoms with van der Waals surface area (Å²) in [6.07, 6.45) is 0.785. The number of thiol groups is 1. The lowest BCUT2D eigenvalue weighted by atomic mass is 10.4. The van der Waals surface area contributed by atoms with E-state index in [1.165, 1.54) is 0 Å². The van der Waals surface area contributed by atoms with Gasteiger partial charge in [0.2, 0.25) is 0 Å². The van der Waals surface area contributed by atoms with Crippen LogP contribution in [0.1, 0.15) is 0 Å². The molecule has 0 radical (unpaired) electrons. The summed E-state index contributed by atoms with van der Waals surface area (Å²) in [4.78, 5) is 9.62. The van der Waals surface area contributed by atoms with Gasteiger partial charge in [0.15, 0.2) is 6.29 Å². The molecule has 36 valence electrons. The topological polar surface area (TPSA) is 44.7 Å². The average molecular weight is 106 g/mol. The second-order valence-corrected chi connectivity index (χ2v) is 1.44. The van der Waals surface area contributed by atoms with Crippen LogP contribution in [-0.2, 0) is 4.79 Å². The number of carbonyl (C=O) groups is 1. The number of rotatable bonds is 2. The quantitative estimate of drug-likeness (QED) is 0.334. The van der Waals surface area contributed by atoms with E-state index < -0.39 is 0 Å². The Labute approximate surface area is 42.1 Å². The first-order valence-corrected chi connectivity index (χ1v) is 2.33. The SMILES string of the molecule is [NH3+]C(C=O)CS. The number of aldehydes is 1. The van der Waals surface area contributed by atoms with Gasteiger partial charge in [-0.1, -0.05) is 0 Å². The first-order chi connectivity index (χ1) is 2.81. The Bertz CT molecular complexity index is 48.1. The first kappa shape index (κ1) is 5.98. The van der Waals surface area contributed by atoms with Crippen LogP contribution in [0.2, 0.25) is 0 Å². The molecule has 0 amide bonds. The van der Waals surface area contributed by atoms with Gasteiger partial charge in [-0.15, -0.1) is 0 Å². The Morgan fingerprint density at radius 1 is 2.00 bits per heavy atom. The summed E-state index contributed by atoms with van der Waals surface area (Å²) in [5.41, 5.74) is 3.43. The van der Waals surface area contributed by atoms with Crippen molar-refractivity contribution in [3.8, 4) is 0 Å². The largest absolute Gasteiger partial charge is 0.348 e. The van der Waals surface area contributed by atoms with Gasteiger partial charge >= 0.3 is 0 Å². The maximum absolute atomic E-state index is 9.62. The van der Waals surface area contributed by atoms with E-state index >= 15 is 0 Å². The number of carbonyl (C=O) groups excluding carboxylic acids is 1. The minimum atomic E-state index is -0.131. The molecule has 2 nitrogen and oxygen atoms in total. The molecule has 0 aliphatic heterocycles. The van der Waals surface area contributed by atoms with Crippen molar-refractivity contribution in [2.45, 2.75) is 6.04 Å². The molecule has 0 aliphatic rings. The summed E-state index contributed by atoms with van der Waals surface area (Å²) in [5, 5.41) is 0. The molecule has 0 aliphatic carbocycles. The van der Waals surface area contributed by atoms with Gasteiger partial charge in [-0.3, -0.25) is 4.79 Å². The maximum Gasteiger partial charge on any atom is 0.177 e. The molecule has 1 atom stereocenters. The van der Waals surface area contributed by atoms with Crippen LogP contribution < -0.4 is 5.73 Å². The zero-order valence-electron chi connectivity index (χ0n) is 3.42. The molecule has 1 unspecified atom stereocenters. The molecule has 0 aromatic heterocycles. The van der Waals surface area contributed by atoms with E-state index in [4.69, 9.17) is 0 Å². The molecule has 3 N–H and O–H groups in total. The second-order valence-electron chi connectivity index (χ2n) is 1.08. The zero-order valence-corrected chi connectivity index (χ0v) is 4.32. The fraction of sp³-hybridized carbons (Fsp3) is 0.667. The summed E-state index contributed by atoms with van der Waals surface area (Å²) >= 11 is 3.80. The summed E-state index contributed by atoms with van der Waals surface area (Å²) in [6, 6.07) is -0.131. The van der Waals surface area contributed by atoms with Crippen LogP contribution in [0.4, 0.5) is 0 Å². The van der Waals surface area contributed by atoms with E-state index in [2.05, 4.69) is 18.4 Å². The molecule has 0 fully saturated rings. The second kappa shape index (κ2) is 3.18. The van der Waals surface area contributed by atoms with E-state index in [9.17, 15) is 4.79 Å². The summed E-state index contributed by atoms with van der Waals surface area (Å²) in [6.45, 7) is 0. The Kier molecular flexibility index (Phi) is 3.17. The Hall–Kier alpha value is -0.0200. The van der Waals surface area contributed by atoms with Crippen LogP contribution in [0.15, 0.2) is 0 Å². The fourth-order valence-corrected chi connectivity index (χ4v) is 0.129. The van der Waals surface area contributed by atoms with Crippen LogP contribution in [0, 0.1) is 0 Å². The van der Waals surface area contributed by atoms with Crippen molar-refractivity contribution < 1.29 is 10.5 Å². The Balaban J connectivity index is 2.96. The zero-order chi connectivity index (χ0) is 4.99. The van der Waals surface area contributed by atoms with E-state index in [0.29, 0.717) is 5.75 Å². The van der Waals surface area contributed by atoms with Gasteiger partial charge in [-0.2, -0.15) is 12.6 Å². The minimum Gasteiger partial charge on any atom is -0.348 e. The molecule has 0 rings (SSSR count). The van der Waals surface area contributed by atoms with Crippen molar-refractivity contribution in [1.82, 2.24) is 0 Å². The van der Waals surface area contributed by atoms with Crippen molar-refractivity contribution in [3.63, 3.8) is 0 Å². The molecule has 0 bridgehead atoms. The molecule has 0 spiro atoms. The van der Waals surface area contributed by atoms with Crippen LogP contribution in [0.3, 0.4) is 0 Å². The molecular weight excluding hydrogens is 98.1 g/mol. The van der Waals surface area contributed by atoms with Gasteiger partial charge < -0.3 is 5.73 Å². The molecular formula is C3H8NOS+. The Morgan fingerprint density at radius 3 is 2.50 bits per heavy atom. The first-order valence-electron chi connectivity index (χ1n) is 1.70. The monoisotopic (exact) mass is 106 g/mol. The van der Waals surface area contributed by atoms with Crippen LogP contribution in [0.5, 0.6) is 0 Å². The molecule has 3 heteroatoms. The van der Waals surface area contributed by atoms with E-state index in [1.54, 1.807) is 0 Å². The third kappa shape index (κ3) is 2.23. The average Bonchev–Trinajstić information content (AvgIpc) is 1.65. The lowest BCUT2D eigenvalue weighted by Gasteiger charge is -1.86. The van der Waals surface area contributed by atoms with Gasteiger partial charge in [-0.05, 0) is 0 Å². The van der Waals surface area contributed by atoms with Crippen LogP contribution >= 0.6 is 12.6 Å². The minimum absolute atomic E-state index is 0.131. The van der Waals surface area contributed by atoms with Crippen molar-refractivity contribution in [2.24, 2.45) is 0 Å². The van der Waals surface area contributed by atoms with Gasteiger partial charge in [0.25, 0.3) is 0 Å². The molecule has 6 heavy (non-hydrogen) atoms. The van der Waals surface area contributed by atoms with Crippen LogP contribution in [0.25, 0.3) is 0 Å². The smallest absolute Gasteiger partial charge is 0.177 e. The highest BCUT2D eigenvalue weighted by molar-refractivity contribution is 7.80. The predicted octanol–water partition coefficient (Wildman–Crippen LogP) is -1.27. The predicted molar refractivity (Wildman–Crippen MR) is 26.6 cm³/mol. The molecule has 0 saturated carbocycles. The fourth-order valence-electron chi connectivity index (χ4n) is 0.0430. The normalized spacial score (nSPS) is 13.7. The maximum atomic E-state index is 9.62. The third-order valence-corrected chi connectivity index (χ3v) is 0.896. The van der Waals surface area contributed by atoms with Crippen LogP contribution in [-0.4, -0.2) is 18.1 Å². The molecule has 0 aromatic carbocycles. The van der Waals surface area contributed by atoms with Gasteiger partial charge in [0.1, 0.15) is 6.04 Å². The lowest BCUT2D eigenvalue weighted by molar-refractivity contribution is -0.392. The third-order valence-electron chi connectivity index (χ3n) is 0.427. The van der Waals surface area contributed by atoms with Gasteiger partial charge in [-0.25, -0.2) is 0 Å². The molecule has 0 aromatic rings. The van der Waals surface area contributed by atoms with E-state index in [0.717, 1.165) is 6.29 Å². The highest BCUT2D eigenvalue weighted by Gasteiger charge is 1.94. The van der Waals surface area contributed by atoms with Crippen molar-refractivity contribution >= 4 is 18.9 Å². The lowest BCUT2D eigenvalue weighted by Crippen LogP contribution is -2.62.